The van der Waals surface area contributed by atoms with E-state index < -0.39 is 0 Å². The van der Waals surface area contributed by atoms with Gasteiger partial charge >= 0.3 is 0 Å². The second-order valence-electron chi connectivity index (χ2n) is 7.40. The minimum absolute atomic E-state index is 0.0355. The molecule has 1 aromatic carbocycles. The van der Waals surface area contributed by atoms with Gasteiger partial charge in [0.25, 0.3) is 5.91 Å². The molecule has 0 aliphatic carbocycles. The Kier molecular flexibility index (Phi) is 4.49. The maximum absolute atomic E-state index is 12.6. The summed E-state index contributed by atoms with van der Waals surface area (Å²) in [6.07, 6.45) is 1.66. The van der Waals surface area contributed by atoms with Crippen molar-refractivity contribution < 1.29 is 9.90 Å². The van der Waals surface area contributed by atoms with Crippen LogP contribution in [0.5, 0.6) is 0 Å². The van der Waals surface area contributed by atoms with Gasteiger partial charge in [-0.2, -0.15) is 0 Å². The van der Waals surface area contributed by atoms with Gasteiger partial charge in [-0.1, -0.05) is 6.58 Å². The van der Waals surface area contributed by atoms with Crippen molar-refractivity contribution in [1.82, 2.24) is 15.3 Å². The predicted octanol–water partition coefficient (Wildman–Crippen LogP) is 4.19. The number of nitrogens with zero attached hydrogens (tertiary/aromatic N) is 2. The number of hydrogen-bond donors (Lipinski definition) is 3. The third kappa shape index (κ3) is 3.03. The van der Waals surface area contributed by atoms with Crippen LogP contribution in [0.3, 0.4) is 0 Å². The Balaban J connectivity index is 1.69. The van der Waals surface area contributed by atoms with Crippen LogP contribution in [0.4, 0.5) is 5.69 Å². The first kappa shape index (κ1) is 18.7. The van der Waals surface area contributed by atoms with Gasteiger partial charge in [-0.25, -0.2) is 4.98 Å². The fourth-order valence-corrected chi connectivity index (χ4v) is 4.93. The number of carbonyl (C=O) groups is 1. The molecule has 0 spiro atoms. The lowest BCUT2D eigenvalue weighted by Gasteiger charge is -2.10. The van der Waals surface area contributed by atoms with Gasteiger partial charge in [0, 0.05) is 33.6 Å². The molecular weight excluding hydrogens is 396 g/mol. The van der Waals surface area contributed by atoms with Crippen molar-refractivity contribution in [3.8, 4) is 11.3 Å². The molecule has 6 nitrogen and oxygen atoms in total. The van der Waals surface area contributed by atoms with E-state index in [0.717, 1.165) is 37.9 Å². The molecule has 1 aliphatic rings. The molecule has 5 rings (SSSR count). The summed E-state index contributed by atoms with van der Waals surface area (Å²) in [5.74, 6) is -0.0355. The molecule has 150 valence electrons. The Morgan fingerprint density at radius 2 is 2.13 bits per heavy atom. The fourth-order valence-electron chi connectivity index (χ4n) is 3.83. The van der Waals surface area contributed by atoms with E-state index in [9.17, 15) is 9.90 Å². The number of amides is 1. The number of nitrogens with one attached hydrogen (secondary N) is 2. The van der Waals surface area contributed by atoms with Crippen LogP contribution in [0.25, 0.3) is 38.3 Å². The molecule has 0 saturated heterocycles. The van der Waals surface area contributed by atoms with Crippen molar-refractivity contribution in [3.05, 3.63) is 59.2 Å². The van der Waals surface area contributed by atoms with Gasteiger partial charge in [-0.3, -0.25) is 9.78 Å². The van der Waals surface area contributed by atoms with Gasteiger partial charge in [0.1, 0.15) is 4.88 Å². The first-order valence-corrected chi connectivity index (χ1v) is 10.5. The molecule has 1 atom stereocenters. The lowest BCUT2D eigenvalue weighted by atomic mass is 10.1. The fraction of sp³-hybridized carbons (Fsp3) is 0.174. The second-order valence-corrected chi connectivity index (χ2v) is 8.45. The van der Waals surface area contributed by atoms with E-state index in [1.165, 1.54) is 11.3 Å². The number of fused-ring (bicyclic) bond motifs is 5. The summed E-state index contributed by atoms with van der Waals surface area (Å²) < 4.78 is 1.06. The number of hydrogen-bond acceptors (Lipinski definition) is 6. The predicted molar refractivity (Wildman–Crippen MR) is 122 cm³/mol. The molecule has 0 radical (unpaired) electrons. The number of carbonyl (C=O) groups excluding carboxylic acids is 1. The third-order valence-electron chi connectivity index (χ3n) is 5.26. The van der Waals surface area contributed by atoms with Gasteiger partial charge in [-0.05, 0) is 49.4 Å². The molecule has 1 amide bonds. The van der Waals surface area contributed by atoms with Gasteiger partial charge in [0.2, 0.25) is 0 Å². The van der Waals surface area contributed by atoms with E-state index in [4.69, 9.17) is 4.98 Å². The zero-order chi connectivity index (χ0) is 20.8. The van der Waals surface area contributed by atoms with Crippen molar-refractivity contribution >= 4 is 50.0 Å². The SMILES string of the molecule is C=Cc1cc(-c2ccc3c(ccc4sc5c(c43)NC[C@@H](C)NC5=O)n2)cc(CO)n1. The minimum Gasteiger partial charge on any atom is -0.390 e. The Morgan fingerprint density at radius 3 is 2.93 bits per heavy atom. The molecular formula is C23H20N4O2S. The van der Waals surface area contributed by atoms with E-state index in [1.807, 2.05) is 43.3 Å². The standard InChI is InChI=1S/C23H20N4O2S/c1-3-14-8-13(9-15(11-28)26-14)17-5-4-16-18(27-17)6-7-19-20(16)21-22(30-19)23(29)25-12(2)10-24-21/h3-9,12,24,28H,1,10-11H2,2H3,(H,25,29)/t12-/m1/s1. The Labute approximate surface area is 177 Å². The number of benzene rings is 1. The highest BCUT2D eigenvalue weighted by molar-refractivity contribution is 7.21. The molecule has 7 heteroatoms. The molecule has 4 heterocycles. The van der Waals surface area contributed by atoms with Gasteiger partial charge in [-0.15, -0.1) is 11.3 Å². The van der Waals surface area contributed by atoms with Crippen LogP contribution in [0.2, 0.25) is 0 Å². The van der Waals surface area contributed by atoms with Crippen molar-refractivity contribution in [2.75, 3.05) is 11.9 Å². The molecule has 30 heavy (non-hydrogen) atoms. The smallest absolute Gasteiger partial charge is 0.263 e. The zero-order valence-electron chi connectivity index (χ0n) is 16.4. The summed E-state index contributed by atoms with van der Waals surface area (Å²) in [5, 5.41) is 18.0. The largest absolute Gasteiger partial charge is 0.390 e. The monoisotopic (exact) mass is 416 g/mol. The highest BCUT2D eigenvalue weighted by Gasteiger charge is 2.24. The minimum atomic E-state index is -0.143. The van der Waals surface area contributed by atoms with E-state index in [2.05, 4.69) is 22.2 Å². The Morgan fingerprint density at radius 1 is 1.27 bits per heavy atom. The number of rotatable bonds is 3. The van der Waals surface area contributed by atoms with Gasteiger partial charge in [0.15, 0.2) is 0 Å². The normalized spacial score (nSPS) is 16.1. The molecule has 3 N–H and O–H groups in total. The topological polar surface area (TPSA) is 87.1 Å². The average Bonchev–Trinajstić information content (AvgIpc) is 3.09. The molecule has 0 bridgehead atoms. The van der Waals surface area contributed by atoms with E-state index >= 15 is 0 Å². The van der Waals surface area contributed by atoms with Crippen LogP contribution >= 0.6 is 11.3 Å². The summed E-state index contributed by atoms with van der Waals surface area (Å²) in [7, 11) is 0. The highest BCUT2D eigenvalue weighted by atomic mass is 32.1. The van der Waals surface area contributed by atoms with Crippen LogP contribution in [0.15, 0.2) is 43.0 Å². The van der Waals surface area contributed by atoms with Crippen molar-refractivity contribution in [2.24, 2.45) is 0 Å². The van der Waals surface area contributed by atoms with Crippen LogP contribution < -0.4 is 10.6 Å². The summed E-state index contributed by atoms with van der Waals surface area (Å²) in [5.41, 5.74) is 4.68. The molecule has 0 fully saturated rings. The molecule has 0 saturated carbocycles. The van der Waals surface area contributed by atoms with Gasteiger partial charge < -0.3 is 15.7 Å². The van der Waals surface area contributed by atoms with Crippen LogP contribution in [-0.4, -0.2) is 33.6 Å². The number of aliphatic hydroxyl groups is 1. The summed E-state index contributed by atoms with van der Waals surface area (Å²) in [4.78, 5) is 22.5. The van der Waals surface area contributed by atoms with Crippen molar-refractivity contribution in [2.45, 2.75) is 19.6 Å². The number of pyridine rings is 2. The number of aliphatic hydroxyl groups excluding tert-OH is 1. The quantitative estimate of drug-likeness (QED) is 0.466. The number of aromatic nitrogens is 2. The molecule has 4 aromatic rings. The maximum atomic E-state index is 12.6. The van der Waals surface area contributed by atoms with E-state index in [-0.39, 0.29) is 18.6 Å². The Hall–Kier alpha value is -3.29. The summed E-state index contributed by atoms with van der Waals surface area (Å²) >= 11 is 1.50. The first-order valence-electron chi connectivity index (χ1n) is 9.73. The van der Waals surface area contributed by atoms with Crippen LogP contribution in [0.1, 0.15) is 28.0 Å². The highest BCUT2D eigenvalue weighted by Crippen LogP contribution is 2.41. The average molecular weight is 417 g/mol. The first-order chi connectivity index (χ1) is 14.6. The van der Waals surface area contributed by atoms with Crippen LogP contribution in [0, 0.1) is 0 Å². The van der Waals surface area contributed by atoms with Crippen molar-refractivity contribution in [1.29, 1.82) is 0 Å². The maximum Gasteiger partial charge on any atom is 0.263 e. The molecule has 1 aliphatic heterocycles. The van der Waals surface area contributed by atoms with Gasteiger partial charge in [0.05, 0.1) is 34.9 Å². The van der Waals surface area contributed by atoms with Crippen LogP contribution in [-0.2, 0) is 6.61 Å². The number of anilines is 1. The summed E-state index contributed by atoms with van der Waals surface area (Å²) in [6.45, 7) is 6.30. The zero-order valence-corrected chi connectivity index (χ0v) is 17.2. The Bertz CT molecular complexity index is 1330. The molecule has 0 unspecified atom stereocenters. The third-order valence-corrected chi connectivity index (χ3v) is 6.41. The summed E-state index contributed by atoms with van der Waals surface area (Å²) in [6, 6.07) is 11.8. The van der Waals surface area contributed by atoms with Crippen molar-refractivity contribution in [3.63, 3.8) is 0 Å². The van der Waals surface area contributed by atoms with E-state index in [1.54, 1.807) is 6.08 Å². The number of thiophene rings is 1. The molecule has 3 aromatic heterocycles. The second kappa shape index (κ2) is 7.19. The van der Waals surface area contributed by atoms with E-state index in [0.29, 0.717) is 22.8 Å². The lowest BCUT2D eigenvalue weighted by Crippen LogP contribution is -2.34. The lowest BCUT2D eigenvalue weighted by molar-refractivity contribution is 0.0949.